The van der Waals surface area contributed by atoms with Crippen LogP contribution in [0.1, 0.15) is 24.4 Å². The van der Waals surface area contributed by atoms with Gasteiger partial charge >= 0.3 is 0 Å². The normalized spacial score (nSPS) is 14.8. The minimum Gasteiger partial charge on any atom is -0.326 e. The summed E-state index contributed by atoms with van der Waals surface area (Å²) in [5.74, 6) is 1.05. The van der Waals surface area contributed by atoms with Crippen LogP contribution in [0, 0.1) is 0 Å². The van der Waals surface area contributed by atoms with Crippen molar-refractivity contribution in [3.8, 4) is 11.4 Å². The van der Waals surface area contributed by atoms with E-state index in [-0.39, 0.29) is 0 Å². The van der Waals surface area contributed by atoms with Gasteiger partial charge in [0.25, 0.3) is 0 Å². The molecule has 1 fully saturated rings. The number of hydrogen-bond donors (Lipinski definition) is 1. The molecule has 1 heterocycles. The van der Waals surface area contributed by atoms with Crippen LogP contribution in [0.2, 0.25) is 0 Å². The molecule has 0 bridgehead atoms. The molecule has 0 aliphatic heterocycles. The standard InChI is InChI=1S/C17H16BrN3/c18-14-4-2-1-3-13(14)17-20-15-9-11(10-19)5-8-16(15)21(17)12-6-7-12/h1-5,8-9,12H,6-7,10,19H2. The lowest BCUT2D eigenvalue weighted by molar-refractivity contribution is 0.775. The third-order valence-corrected chi connectivity index (χ3v) is 4.71. The van der Waals surface area contributed by atoms with Gasteiger partial charge in [0.1, 0.15) is 5.82 Å². The van der Waals surface area contributed by atoms with Gasteiger partial charge in [-0.3, -0.25) is 0 Å². The molecule has 4 heteroatoms. The highest BCUT2D eigenvalue weighted by molar-refractivity contribution is 9.10. The fourth-order valence-corrected chi connectivity index (χ4v) is 3.27. The maximum absolute atomic E-state index is 5.75. The number of nitrogens with two attached hydrogens (primary N) is 1. The molecular formula is C17H16BrN3. The van der Waals surface area contributed by atoms with E-state index >= 15 is 0 Å². The second-order valence-electron chi connectivity index (χ2n) is 5.54. The van der Waals surface area contributed by atoms with Crippen molar-refractivity contribution in [3.63, 3.8) is 0 Å². The Hall–Kier alpha value is -1.65. The Kier molecular flexibility index (Phi) is 3.08. The monoisotopic (exact) mass is 341 g/mol. The third kappa shape index (κ3) is 2.19. The van der Waals surface area contributed by atoms with Crippen LogP contribution < -0.4 is 5.73 Å². The number of imidazole rings is 1. The Morgan fingerprint density at radius 3 is 2.71 bits per heavy atom. The van der Waals surface area contributed by atoms with E-state index in [0.717, 1.165) is 26.9 Å². The summed E-state index contributed by atoms with van der Waals surface area (Å²) in [6.07, 6.45) is 2.48. The summed E-state index contributed by atoms with van der Waals surface area (Å²) in [4.78, 5) is 4.89. The quantitative estimate of drug-likeness (QED) is 0.773. The fourth-order valence-electron chi connectivity index (χ4n) is 2.81. The van der Waals surface area contributed by atoms with E-state index in [9.17, 15) is 0 Å². The average molecular weight is 342 g/mol. The van der Waals surface area contributed by atoms with E-state index in [1.54, 1.807) is 0 Å². The summed E-state index contributed by atoms with van der Waals surface area (Å²) in [6, 6.07) is 15.2. The van der Waals surface area contributed by atoms with E-state index < -0.39 is 0 Å². The number of rotatable bonds is 3. The number of hydrogen-bond acceptors (Lipinski definition) is 2. The molecule has 1 aliphatic carbocycles. The topological polar surface area (TPSA) is 43.8 Å². The highest BCUT2D eigenvalue weighted by Crippen LogP contribution is 2.42. The predicted octanol–water partition coefficient (Wildman–Crippen LogP) is 4.26. The zero-order valence-corrected chi connectivity index (χ0v) is 13.2. The van der Waals surface area contributed by atoms with E-state index in [0.29, 0.717) is 12.6 Å². The Labute approximate surface area is 131 Å². The van der Waals surface area contributed by atoms with Gasteiger partial charge in [0.05, 0.1) is 11.0 Å². The summed E-state index contributed by atoms with van der Waals surface area (Å²) in [5.41, 5.74) is 10.3. The molecule has 3 nitrogen and oxygen atoms in total. The Morgan fingerprint density at radius 1 is 1.19 bits per heavy atom. The predicted molar refractivity (Wildman–Crippen MR) is 89.0 cm³/mol. The summed E-state index contributed by atoms with van der Waals surface area (Å²) in [5, 5.41) is 0. The number of fused-ring (bicyclic) bond motifs is 1. The fraction of sp³-hybridized carbons (Fsp3) is 0.235. The highest BCUT2D eigenvalue weighted by atomic mass is 79.9. The maximum atomic E-state index is 5.75. The maximum Gasteiger partial charge on any atom is 0.142 e. The molecule has 0 unspecified atom stereocenters. The second kappa shape index (κ2) is 4.97. The van der Waals surface area contributed by atoms with E-state index in [1.165, 1.54) is 18.4 Å². The van der Waals surface area contributed by atoms with Gasteiger partial charge in [-0.2, -0.15) is 0 Å². The van der Waals surface area contributed by atoms with E-state index in [2.05, 4.69) is 56.9 Å². The summed E-state index contributed by atoms with van der Waals surface area (Å²) in [7, 11) is 0. The molecule has 2 N–H and O–H groups in total. The van der Waals surface area contributed by atoms with Crippen LogP contribution >= 0.6 is 15.9 Å². The molecule has 21 heavy (non-hydrogen) atoms. The molecule has 0 radical (unpaired) electrons. The first-order valence-electron chi connectivity index (χ1n) is 7.24. The molecule has 3 aromatic rings. The lowest BCUT2D eigenvalue weighted by atomic mass is 10.2. The van der Waals surface area contributed by atoms with Crippen LogP contribution in [0.4, 0.5) is 0 Å². The average Bonchev–Trinajstić information content (AvgIpc) is 3.27. The zero-order chi connectivity index (χ0) is 14.4. The van der Waals surface area contributed by atoms with Crippen LogP contribution in [-0.4, -0.2) is 9.55 Å². The number of benzene rings is 2. The molecule has 2 aromatic carbocycles. The van der Waals surface area contributed by atoms with Crippen LogP contribution in [0.5, 0.6) is 0 Å². The van der Waals surface area contributed by atoms with Crippen LogP contribution in [0.3, 0.4) is 0 Å². The molecule has 0 spiro atoms. The lowest BCUT2D eigenvalue weighted by Crippen LogP contribution is -1.98. The first-order valence-corrected chi connectivity index (χ1v) is 8.03. The number of nitrogens with zero attached hydrogens (tertiary/aromatic N) is 2. The summed E-state index contributed by atoms with van der Waals surface area (Å²) < 4.78 is 3.47. The van der Waals surface area contributed by atoms with Crippen molar-refractivity contribution in [2.75, 3.05) is 0 Å². The van der Waals surface area contributed by atoms with Gasteiger partial charge in [-0.1, -0.05) is 40.2 Å². The Morgan fingerprint density at radius 2 is 2.00 bits per heavy atom. The molecule has 4 rings (SSSR count). The minimum atomic E-state index is 0.552. The van der Waals surface area contributed by atoms with Crippen molar-refractivity contribution in [2.24, 2.45) is 5.73 Å². The van der Waals surface area contributed by atoms with E-state index in [1.807, 2.05) is 6.07 Å². The van der Waals surface area contributed by atoms with Gasteiger partial charge in [-0.05, 0) is 36.6 Å². The first-order chi connectivity index (χ1) is 10.3. The molecule has 1 aromatic heterocycles. The second-order valence-corrected chi connectivity index (χ2v) is 6.40. The van der Waals surface area contributed by atoms with Crippen LogP contribution in [-0.2, 0) is 6.54 Å². The van der Waals surface area contributed by atoms with Crippen molar-refractivity contribution in [3.05, 3.63) is 52.5 Å². The number of halogens is 1. The molecule has 1 aliphatic rings. The molecule has 1 saturated carbocycles. The van der Waals surface area contributed by atoms with Crippen molar-refractivity contribution in [2.45, 2.75) is 25.4 Å². The third-order valence-electron chi connectivity index (χ3n) is 4.02. The minimum absolute atomic E-state index is 0.552. The van der Waals surface area contributed by atoms with Gasteiger partial charge in [0.2, 0.25) is 0 Å². The van der Waals surface area contributed by atoms with Crippen molar-refractivity contribution >= 4 is 27.0 Å². The van der Waals surface area contributed by atoms with Crippen LogP contribution in [0.25, 0.3) is 22.4 Å². The van der Waals surface area contributed by atoms with Gasteiger partial charge < -0.3 is 10.3 Å². The largest absolute Gasteiger partial charge is 0.326 e. The smallest absolute Gasteiger partial charge is 0.142 e. The Balaban J connectivity index is 1.99. The van der Waals surface area contributed by atoms with Gasteiger partial charge in [-0.15, -0.1) is 0 Å². The summed E-state index contributed by atoms with van der Waals surface area (Å²) >= 11 is 3.65. The zero-order valence-electron chi connectivity index (χ0n) is 11.6. The number of aromatic nitrogens is 2. The lowest BCUT2D eigenvalue weighted by Gasteiger charge is -2.09. The van der Waals surface area contributed by atoms with Gasteiger partial charge in [0, 0.05) is 22.6 Å². The van der Waals surface area contributed by atoms with E-state index in [4.69, 9.17) is 10.7 Å². The first kappa shape index (κ1) is 13.0. The summed E-state index contributed by atoms with van der Waals surface area (Å²) in [6.45, 7) is 0.552. The van der Waals surface area contributed by atoms with Crippen LogP contribution in [0.15, 0.2) is 46.9 Å². The van der Waals surface area contributed by atoms with Crippen molar-refractivity contribution in [1.29, 1.82) is 0 Å². The molecule has 106 valence electrons. The van der Waals surface area contributed by atoms with Gasteiger partial charge in [0.15, 0.2) is 0 Å². The van der Waals surface area contributed by atoms with Crippen molar-refractivity contribution in [1.82, 2.24) is 9.55 Å². The molecule has 0 atom stereocenters. The molecular weight excluding hydrogens is 326 g/mol. The molecule has 0 amide bonds. The van der Waals surface area contributed by atoms with Crippen molar-refractivity contribution < 1.29 is 0 Å². The SMILES string of the molecule is NCc1ccc2c(c1)nc(-c1ccccc1Br)n2C1CC1. The molecule has 0 saturated heterocycles. The van der Waals surface area contributed by atoms with Gasteiger partial charge in [-0.25, -0.2) is 4.98 Å². The Bertz CT molecular complexity index is 818. The highest BCUT2D eigenvalue weighted by Gasteiger charge is 2.29.